The molecule has 14 heavy (non-hydrogen) atoms. The molecule has 0 saturated heterocycles. The van der Waals surface area contributed by atoms with E-state index in [2.05, 4.69) is 0 Å². The van der Waals surface area contributed by atoms with Gasteiger partial charge in [0.15, 0.2) is 0 Å². The van der Waals surface area contributed by atoms with Crippen molar-refractivity contribution in [3.05, 3.63) is 33.7 Å². The van der Waals surface area contributed by atoms with Gasteiger partial charge in [0.1, 0.15) is 0 Å². The minimum atomic E-state index is -3.45. The van der Waals surface area contributed by atoms with Crippen LogP contribution in [0.25, 0.3) is 5.03 Å². The van der Waals surface area contributed by atoms with E-state index < -0.39 is 9.84 Å². The van der Waals surface area contributed by atoms with Gasteiger partial charge in [-0.15, -0.1) is 0 Å². The Morgan fingerprint density at radius 2 is 1.86 bits per heavy atom. The molecule has 1 aromatic carbocycles. The van der Waals surface area contributed by atoms with Crippen molar-refractivity contribution in [3.63, 3.8) is 0 Å². The molecule has 0 saturated carbocycles. The van der Waals surface area contributed by atoms with Gasteiger partial charge in [0.25, 0.3) is 0 Å². The number of fused-ring (bicyclic) bond motifs is 1. The predicted octanol–water partition coefficient (Wildman–Crippen LogP) is 3.05. The van der Waals surface area contributed by atoms with Gasteiger partial charge in [0.2, 0.25) is 9.84 Å². The highest BCUT2D eigenvalue weighted by molar-refractivity contribution is 7.96. The Morgan fingerprint density at radius 1 is 1.21 bits per heavy atom. The third-order valence-electron chi connectivity index (χ3n) is 2.18. The van der Waals surface area contributed by atoms with E-state index in [1.54, 1.807) is 18.2 Å². The Labute approximate surface area is 92.1 Å². The van der Waals surface area contributed by atoms with Crippen LogP contribution in [-0.2, 0) is 9.84 Å². The molecule has 0 fully saturated rings. The fourth-order valence-corrected chi connectivity index (χ4v) is 3.85. The number of benzene rings is 1. The van der Waals surface area contributed by atoms with Gasteiger partial charge in [-0.2, -0.15) is 0 Å². The maximum Gasteiger partial charge on any atom is 0.206 e. The number of hydrogen-bond acceptors (Lipinski definition) is 2. The predicted molar refractivity (Wildman–Crippen MR) is 57.1 cm³/mol. The van der Waals surface area contributed by atoms with Gasteiger partial charge in [-0.05, 0) is 13.0 Å². The lowest BCUT2D eigenvalue weighted by Gasteiger charge is -2.01. The molecule has 1 aliphatic heterocycles. The first kappa shape index (κ1) is 10.0. The molecule has 0 radical (unpaired) electrons. The first-order chi connectivity index (χ1) is 6.46. The zero-order chi connectivity index (χ0) is 10.5. The van der Waals surface area contributed by atoms with Crippen LogP contribution in [0.4, 0.5) is 0 Å². The molecule has 2 nitrogen and oxygen atoms in total. The van der Waals surface area contributed by atoms with Gasteiger partial charge >= 0.3 is 0 Å². The van der Waals surface area contributed by atoms with Crippen LogP contribution < -0.4 is 0 Å². The smallest absolute Gasteiger partial charge is 0.206 e. The third kappa shape index (κ3) is 1.13. The molecule has 0 atom stereocenters. The Balaban J connectivity index is 2.94. The van der Waals surface area contributed by atoms with E-state index in [0.717, 1.165) is 0 Å². The molecule has 2 rings (SSSR count). The van der Waals surface area contributed by atoms with Gasteiger partial charge in [0.05, 0.1) is 19.9 Å². The van der Waals surface area contributed by atoms with E-state index in [9.17, 15) is 8.42 Å². The summed E-state index contributed by atoms with van der Waals surface area (Å²) in [5.74, 6) is 0. The molecule has 1 heterocycles. The Bertz CT molecular complexity index is 544. The van der Waals surface area contributed by atoms with Crippen LogP contribution in [0.1, 0.15) is 12.5 Å². The van der Waals surface area contributed by atoms with Gasteiger partial charge in [0, 0.05) is 5.56 Å². The first-order valence-electron chi connectivity index (χ1n) is 3.86. The highest BCUT2D eigenvalue weighted by atomic mass is 35.5. The highest BCUT2D eigenvalue weighted by Gasteiger charge is 2.33. The zero-order valence-corrected chi connectivity index (χ0v) is 9.54. The summed E-state index contributed by atoms with van der Waals surface area (Å²) in [5.41, 5.74) is 0.497. The standard InChI is InChI=1S/C9H6Cl2O2S/c1-5-8(11)6-3-2-4-7(10)9(6)14(5,12)13/h2-4H,1H3. The summed E-state index contributed by atoms with van der Waals surface area (Å²) < 4.78 is 23.6. The van der Waals surface area contributed by atoms with Crippen molar-refractivity contribution in [1.82, 2.24) is 0 Å². The fourth-order valence-electron chi connectivity index (χ4n) is 1.42. The van der Waals surface area contributed by atoms with Crippen molar-refractivity contribution >= 4 is 38.1 Å². The first-order valence-corrected chi connectivity index (χ1v) is 6.10. The Kier molecular flexibility index (Phi) is 2.14. The summed E-state index contributed by atoms with van der Waals surface area (Å²) in [6.45, 7) is 1.48. The monoisotopic (exact) mass is 248 g/mol. The SMILES string of the molecule is CC1=C(Cl)c2cccc(Cl)c2S1(=O)=O. The second-order valence-electron chi connectivity index (χ2n) is 2.99. The van der Waals surface area contributed by atoms with Gasteiger partial charge in [-0.3, -0.25) is 0 Å². The minimum absolute atomic E-state index is 0.129. The van der Waals surface area contributed by atoms with E-state index in [4.69, 9.17) is 23.2 Å². The molecule has 0 aliphatic carbocycles. The van der Waals surface area contributed by atoms with Gasteiger partial charge < -0.3 is 0 Å². The number of halogens is 2. The quantitative estimate of drug-likeness (QED) is 0.708. The summed E-state index contributed by atoms with van der Waals surface area (Å²) in [6.07, 6.45) is 0. The van der Waals surface area contributed by atoms with Gasteiger partial charge in [-0.1, -0.05) is 35.3 Å². The average molecular weight is 249 g/mol. The van der Waals surface area contributed by atoms with E-state index in [0.29, 0.717) is 5.56 Å². The third-order valence-corrected chi connectivity index (χ3v) is 5.20. The maximum atomic E-state index is 11.8. The molecule has 0 N–H and O–H groups in total. The van der Waals surface area contributed by atoms with Crippen LogP contribution in [0.3, 0.4) is 0 Å². The topological polar surface area (TPSA) is 34.1 Å². The fraction of sp³-hybridized carbons (Fsp3) is 0.111. The van der Waals surface area contributed by atoms with Crippen LogP contribution in [0.5, 0.6) is 0 Å². The normalized spacial score (nSPS) is 18.5. The molecular formula is C9H6Cl2O2S. The average Bonchev–Trinajstić information content (AvgIpc) is 2.29. The van der Waals surface area contributed by atoms with E-state index in [-0.39, 0.29) is 19.9 Å². The molecule has 1 aromatic rings. The van der Waals surface area contributed by atoms with Crippen LogP contribution in [0.15, 0.2) is 28.0 Å². The highest BCUT2D eigenvalue weighted by Crippen LogP contribution is 2.43. The molecule has 5 heteroatoms. The Hall–Kier alpha value is -0.510. The molecule has 74 valence electrons. The van der Waals surface area contributed by atoms with E-state index in [1.807, 2.05) is 0 Å². The lowest BCUT2D eigenvalue weighted by Crippen LogP contribution is -1.98. The van der Waals surface area contributed by atoms with Crippen LogP contribution >= 0.6 is 23.2 Å². The second kappa shape index (κ2) is 2.99. The summed E-state index contributed by atoms with van der Waals surface area (Å²) in [6, 6.07) is 4.87. The molecule has 0 amide bonds. The number of hydrogen-bond donors (Lipinski definition) is 0. The van der Waals surface area contributed by atoms with E-state index >= 15 is 0 Å². The van der Waals surface area contributed by atoms with Crippen LogP contribution in [-0.4, -0.2) is 8.42 Å². The molecule has 0 unspecified atom stereocenters. The molecule has 1 aliphatic rings. The molecule has 0 aromatic heterocycles. The zero-order valence-electron chi connectivity index (χ0n) is 7.21. The molecular weight excluding hydrogens is 243 g/mol. The Morgan fingerprint density at radius 3 is 2.43 bits per heavy atom. The number of sulfone groups is 1. The van der Waals surface area contributed by atoms with Crippen LogP contribution in [0, 0.1) is 0 Å². The summed E-state index contributed by atoms with van der Waals surface area (Å²) >= 11 is 11.7. The largest absolute Gasteiger partial charge is 0.219 e. The molecule has 0 spiro atoms. The number of rotatable bonds is 0. The number of allylic oxidation sites excluding steroid dienone is 1. The lowest BCUT2D eigenvalue weighted by molar-refractivity contribution is 0.603. The van der Waals surface area contributed by atoms with Crippen molar-refractivity contribution in [2.24, 2.45) is 0 Å². The molecule has 0 bridgehead atoms. The van der Waals surface area contributed by atoms with Crippen LogP contribution in [0.2, 0.25) is 5.02 Å². The van der Waals surface area contributed by atoms with Gasteiger partial charge in [-0.25, -0.2) is 8.42 Å². The van der Waals surface area contributed by atoms with Crippen molar-refractivity contribution in [2.45, 2.75) is 11.8 Å². The summed E-state index contributed by atoms with van der Waals surface area (Å²) in [7, 11) is -3.45. The second-order valence-corrected chi connectivity index (χ2v) is 5.80. The van der Waals surface area contributed by atoms with Crippen molar-refractivity contribution in [1.29, 1.82) is 0 Å². The van der Waals surface area contributed by atoms with Crippen molar-refractivity contribution < 1.29 is 8.42 Å². The lowest BCUT2D eigenvalue weighted by atomic mass is 10.2. The minimum Gasteiger partial charge on any atom is -0.219 e. The summed E-state index contributed by atoms with van der Waals surface area (Å²) in [4.78, 5) is 0.298. The van der Waals surface area contributed by atoms with E-state index in [1.165, 1.54) is 6.92 Å². The summed E-state index contributed by atoms with van der Waals surface area (Å²) in [5, 5.41) is 0.486. The maximum absolute atomic E-state index is 11.8. The van der Waals surface area contributed by atoms with Crippen molar-refractivity contribution in [2.75, 3.05) is 0 Å². The van der Waals surface area contributed by atoms with Crippen molar-refractivity contribution in [3.8, 4) is 0 Å².